The van der Waals surface area contributed by atoms with E-state index in [0.717, 1.165) is 50.2 Å². The van der Waals surface area contributed by atoms with Gasteiger partial charge in [-0.05, 0) is 63.3 Å². The van der Waals surface area contributed by atoms with Crippen LogP contribution in [0.1, 0.15) is 55.1 Å². The van der Waals surface area contributed by atoms with Crippen LogP contribution in [0.2, 0.25) is 0 Å². The van der Waals surface area contributed by atoms with Crippen molar-refractivity contribution in [1.29, 1.82) is 0 Å². The van der Waals surface area contributed by atoms with Gasteiger partial charge in [0.05, 0.1) is 12.1 Å². The average molecular weight is 391 g/mol. The molecule has 0 bridgehead atoms. The highest BCUT2D eigenvalue weighted by Crippen LogP contribution is 2.26. The first-order valence-corrected chi connectivity index (χ1v) is 9.62. The van der Waals surface area contributed by atoms with Crippen molar-refractivity contribution in [3.05, 3.63) is 42.2 Å². The smallest absolute Gasteiger partial charge is 0.276 e. The standard InChI is InChI=1S/C20H26N4O2.ClH/c25-20(19-10-12-24(23-19)16-6-4-11-21-14-16)22-15-5-3-9-18(13-15)26-17-7-1-2-8-17;/h3,5,9-10,12-13,16-17,21H,1-2,4,6-8,11,14H2,(H,22,25);1H. The molecule has 1 atom stereocenters. The second-order valence-electron chi connectivity index (χ2n) is 7.19. The number of halogens is 1. The maximum absolute atomic E-state index is 12.5. The van der Waals surface area contributed by atoms with Crippen LogP contribution in [0.25, 0.3) is 0 Å². The van der Waals surface area contributed by atoms with Crippen LogP contribution in [0, 0.1) is 0 Å². The Morgan fingerprint density at radius 3 is 2.81 bits per heavy atom. The van der Waals surface area contributed by atoms with Crippen molar-refractivity contribution >= 4 is 24.0 Å². The summed E-state index contributed by atoms with van der Waals surface area (Å²) in [5.41, 5.74) is 1.18. The van der Waals surface area contributed by atoms with Gasteiger partial charge in [-0.1, -0.05) is 6.07 Å². The number of benzene rings is 1. The summed E-state index contributed by atoms with van der Waals surface area (Å²) in [6, 6.07) is 9.72. The Hall–Kier alpha value is -2.05. The summed E-state index contributed by atoms with van der Waals surface area (Å²) >= 11 is 0. The number of aromatic nitrogens is 2. The highest BCUT2D eigenvalue weighted by atomic mass is 35.5. The van der Waals surface area contributed by atoms with E-state index in [9.17, 15) is 4.79 Å². The molecule has 1 aromatic carbocycles. The first kappa shape index (κ1) is 19.7. The molecule has 2 N–H and O–H groups in total. The minimum atomic E-state index is -0.189. The molecule has 4 rings (SSSR count). The van der Waals surface area contributed by atoms with Crippen LogP contribution in [0.3, 0.4) is 0 Å². The van der Waals surface area contributed by atoms with Crippen molar-refractivity contribution in [3.8, 4) is 5.75 Å². The monoisotopic (exact) mass is 390 g/mol. The molecule has 27 heavy (non-hydrogen) atoms. The van der Waals surface area contributed by atoms with Crippen molar-refractivity contribution in [2.75, 3.05) is 18.4 Å². The van der Waals surface area contributed by atoms with E-state index in [0.29, 0.717) is 17.8 Å². The third kappa shape index (κ3) is 5.02. The van der Waals surface area contributed by atoms with Gasteiger partial charge in [0.15, 0.2) is 5.69 Å². The highest BCUT2D eigenvalue weighted by molar-refractivity contribution is 6.02. The lowest BCUT2D eigenvalue weighted by molar-refractivity contribution is 0.102. The van der Waals surface area contributed by atoms with Gasteiger partial charge in [-0.15, -0.1) is 12.4 Å². The molecule has 1 aromatic heterocycles. The molecule has 2 aliphatic rings. The SMILES string of the molecule is Cl.O=C(Nc1cccc(OC2CCCC2)c1)c1ccn(C2CCCNC2)n1. The largest absolute Gasteiger partial charge is 0.490 e. The van der Waals surface area contributed by atoms with Crippen molar-refractivity contribution in [3.63, 3.8) is 0 Å². The Labute approximate surface area is 166 Å². The molecule has 1 aliphatic carbocycles. The van der Waals surface area contributed by atoms with Gasteiger partial charge in [0.1, 0.15) is 5.75 Å². The van der Waals surface area contributed by atoms with Crippen LogP contribution in [0.5, 0.6) is 5.75 Å². The molecule has 0 spiro atoms. The zero-order valence-corrected chi connectivity index (χ0v) is 16.2. The van der Waals surface area contributed by atoms with Crippen molar-refractivity contribution in [2.24, 2.45) is 0 Å². The number of hydrogen-bond acceptors (Lipinski definition) is 4. The summed E-state index contributed by atoms with van der Waals surface area (Å²) in [7, 11) is 0. The molecule has 146 valence electrons. The molecule has 1 unspecified atom stereocenters. The molecule has 6 nitrogen and oxygen atoms in total. The van der Waals surface area contributed by atoms with Gasteiger partial charge in [-0.2, -0.15) is 5.10 Å². The quantitative estimate of drug-likeness (QED) is 0.814. The summed E-state index contributed by atoms with van der Waals surface area (Å²) in [5, 5.41) is 10.8. The Balaban J connectivity index is 0.00000210. The number of amides is 1. The Morgan fingerprint density at radius 1 is 1.19 bits per heavy atom. The fourth-order valence-electron chi connectivity index (χ4n) is 3.76. The van der Waals surface area contributed by atoms with Crippen molar-refractivity contribution in [1.82, 2.24) is 15.1 Å². The average Bonchev–Trinajstić information content (AvgIpc) is 3.35. The molecular weight excluding hydrogens is 364 g/mol. The van der Waals surface area contributed by atoms with Gasteiger partial charge < -0.3 is 15.4 Å². The number of hydrogen-bond donors (Lipinski definition) is 2. The molecule has 2 aromatic rings. The molecule has 0 radical (unpaired) electrons. The minimum absolute atomic E-state index is 0. The molecule has 2 fully saturated rings. The number of carbonyl (C=O) groups is 1. The third-order valence-electron chi connectivity index (χ3n) is 5.18. The summed E-state index contributed by atoms with van der Waals surface area (Å²) < 4.78 is 7.91. The Kier molecular flexibility index (Phi) is 6.74. The predicted molar refractivity (Wildman–Crippen MR) is 108 cm³/mol. The molecule has 7 heteroatoms. The number of piperidine rings is 1. The van der Waals surface area contributed by atoms with E-state index < -0.39 is 0 Å². The van der Waals surface area contributed by atoms with E-state index in [2.05, 4.69) is 15.7 Å². The van der Waals surface area contributed by atoms with Gasteiger partial charge in [-0.25, -0.2) is 0 Å². The molecule has 1 aliphatic heterocycles. The zero-order valence-electron chi connectivity index (χ0n) is 15.4. The van der Waals surface area contributed by atoms with Crippen LogP contribution < -0.4 is 15.4 Å². The Bertz CT molecular complexity index is 752. The first-order valence-electron chi connectivity index (χ1n) is 9.62. The number of nitrogens with zero attached hydrogens (tertiary/aromatic N) is 2. The number of carbonyl (C=O) groups excluding carboxylic acids is 1. The lowest BCUT2D eigenvalue weighted by Crippen LogP contribution is -2.32. The van der Waals surface area contributed by atoms with Crippen LogP contribution in [-0.2, 0) is 0 Å². The highest BCUT2D eigenvalue weighted by Gasteiger charge is 2.19. The molecule has 1 saturated heterocycles. The maximum Gasteiger partial charge on any atom is 0.276 e. The van der Waals surface area contributed by atoms with E-state index in [1.807, 2.05) is 35.1 Å². The second-order valence-corrected chi connectivity index (χ2v) is 7.19. The van der Waals surface area contributed by atoms with Crippen LogP contribution in [0.15, 0.2) is 36.5 Å². The number of nitrogens with one attached hydrogen (secondary N) is 2. The normalized spacial score (nSPS) is 20.1. The fourth-order valence-corrected chi connectivity index (χ4v) is 3.76. The summed E-state index contributed by atoms with van der Waals surface area (Å²) in [6.07, 6.45) is 9.14. The van der Waals surface area contributed by atoms with Crippen LogP contribution in [-0.4, -0.2) is 34.9 Å². The summed E-state index contributed by atoms with van der Waals surface area (Å²) in [6.45, 7) is 1.97. The lowest BCUT2D eigenvalue weighted by Gasteiger charge is -2.22. The first-order chi connectivity index (χ1) is 12.8. The van der Waals surface area contributed by atoms with E-state index in [1.54, 1.807) is 6.07 Å². The maximum atomic E-state index is 12.5. The molecular formula is C20H27ClN4O2. The summed E-state index contributed by atoms with van der Waals surface area (Å²) in [5.74, 6) is 0.624. The molecule has 2 heterocycles. The van der Waals surface area contributed by atoms with E-state index in [-0.39, 0.29) is 18.3 Å². The van der Waals surface area contributed by atoms with Gasteiger partial charge in [0.2, 0.25) is 0 Å². The number of anilines is 1. The minimum Gasteiger partial charge on any atom is -0.490 e. The second kappa shape index (κ2) is 9.24. The Morgan fingerprint density at radius 2 is 2.04 bits per heavy atom. The zero-order chi connectivity index (χ0) is 17.8. The number of ether oxygens (including phenoxy) is 1. The van der Waals surface area contributed by atoms with E-state index in [1.165, 1.54) is 12.8 Å². The van der Waals surface area contributed by atoms with Crippen molar-refractivity contribution in [2.45, 2.75) is 50.7 Å². The van der Waals surface area contributed by atoms with E-state index >= 15 is 0 Å². The lowest BCUT2D eigenvalue weighted by atomic mass is 10.1. The molecule has 1 amide bonds. The van der Waals surface area contributed by atoms with Gasteiger partial charge in [0, 0.05) is 24.5 Å². The third-order valence-corrected chi connectivity index (χ3v) is 5.18. The number of rotatable bonds is 5. The van der Waals surface area contributed by atoms with Crippen molar-refractivity contribution < 1.29 is 9.53 Å². The van der Waals surface area contributed by atoms with Crippen LogP contribution >= 0.6 is 12.4 Å². The topological polar surface area (TPSA) is 68.2 Å². The molecule has 1 saturated carbocycles. The van der Waals surface area contributed by atoms with Gasteiger partial charge in [-0.3, -0.25) is 9.48 Å². The fraction of sp³-hybridized carbons (Fsp3) is 0.500. The van der Waals surface area contributed by atoms with E-state index in [4.69, 9.17) is 4.74 Å². The van der Waals surface area contributed by atoms with Crippen LogP contribution in [0.4, 0.5) is 5.69 Å². The van der Waals surface area contributed by atoms with Gasteiger partial charge >= 0.3 is 0 Å². The van der Waals surface area contributed by atoms with Gasteiger partial charge in [0.25, 0.3) is 5.91 Å². The predicted octanol–water partition coefficient (Wildman–Crippen LogP) is 3.80. The summed E-state index contributed by atoms with van der Waals surface area (Å²) in [4.78, 5) is 12.5.